The molecular weight excluding hydrogens is 283 g/mol. The fraction of sp³-hybridized carbons (Fsp3) is 0.462. The molecule has 0 amide bonds. The molecule has 1 N–H and O–H groups in total. The van der Waals surface area contributed by atoms with Gasteiger partial charge >= 0.3 is 0 Å². The molecule has 0 unspecified atom stereocenters. The Morgan fingerprint density at radius 1 is 1.45 bits per heavy atom. The highest BCUT2D eigenvalue weighted by Crippen LogP contribution is 2.46. The molecule has 0 atom stereocenters. The van der Waals surface area contributed by atoms with Gasteiger partial charge in [-0.05, 0) is 25.0 Å². The van der Waals surface area contributed by atoms with Crippen molar-refractivity contribution >= 4 is 27.0 Å². The van der Waals surface area contributed by atoms with Crippen LogP contribution in [-0.2, 0) is 9.84 Å². The number of anilines is 1. The van der Waals surface area contributed by atoms with Crippen molar-refractivity contribution in [1.29, 1.82) is 0 Å². The van der Waals surface area contributed by atoms with Gasteiger partial charge in [0.05, 0.1) is 5.75 Å². The van der Waals surface area contributed by atoms with Gasteiger partial charge in [0.1, 0.15) is 21.2 Å². The van der Waals surface area contributed by atoms with Gasteiger partial charge in [0.15, 0.2) is 5.58 Å². The van der Waals surface area contributed by atoms with Crippen LogP contribution in [0, 0.1) is 11.2 Å². The Morgan fingerprint density at radius 3 is 2.85 bits per heavy atom. The van der Waals surface area contributed by atoms with Crippen LogP contribution in [0.4, 0.5) is 10.4 Å². The van der Waals surface area contributed by atoms with Gasteiger partial charge in [-0.25, -0.2) is 12.8 Å². The summed E-state index contributed by atoms with van der Waals surface area (Å²) in [5, 5.41) is 3.01. The third kappa shape index (κ3) is 2.92. The van der Waals surface area contributed by atoms with E-state index in [0.717, 1.165) is 12.8 Å². The molecule has 1 fully saturated rings. The quantitative estimate of drug-likeness (QED) is 0.916. The van der Waals surface area contributed by atoms with Crippen LogP contribution in [-0.4, -0.2) is 32.0 Å². The summed E-state index contributed by atoms with van der Waals surface area (Å²) < 4.78 is 41.2. The van der Waals surface area contributed by atoms with Crippen molar-refractivity contribution in [1.82, 2.24) is 4.98 Å². The summed E-state index contributed by atoms with van der Waals surface area (Å²) in [6, 6.07) is 4.42. The number of halogens is 1. The Labute approximate surface area is 116 Å². The zero-order valence-electron chi connectivity index (χ0n) is 11.0. The predicted molar refractivity (Wildman–Crippen MR) is 73.8 cm³/mol. The van der Waals surface area contributed by atoms with Crippen LogP contribution in [0.3, 0.4) is 0 Å². The van der Waals surface area contributed by atoms with Crippen molar-refractivity contribution in [2.24, 2.45) is 5.41 Å². The van der Waals surface area contributed by atoms with E-state index in [1.165, 1.54) is 24.5 Å². The number of oxazole rings is 1. The summed E-state index contributed by atoms with van der Waals surface area (Å²) in [5.41, 5.74) is 0.738. The lowest BCUT2D eigenvalue weighted by Crippen LogP contribution is -2.24. The van der Waals surface area contributed by atoms with E-state index < -0.39 is 9.84 Å². The zero-order chi connectivity index (χ0) is 14.4. The highest BCUT2D eigenvalue weighted by molar-refractivity contribution is 7.90. The molecule has 0 spiro atoms. The van der Waals surface area contributed by atoms with Gasteiger partial charge in [0, 0.05) is 24.3 Å². The summed E-state index contributed by atoms with van der Waals surface area (Å²) in [5.74, 6) is -0.199. The van der Waals surface area contributed by atoms with Crippen molar-refractivity contribution in [3.8, 4) is 0 Å². The number of rotatable bonds is 5. The summed E-state index contributed by atoms with van der Waals surface area (Å²) in [7, 11) is -2.99. The first kappa shape index (κ1) is 13.4. The lowest BCUT2D eigenvalue weighted by molar-refractivity contribution is 0.547. The van der Waals surface area contributed by atoms with E-state index in [1.54, 1.807) is 0 Å². The van der Waals surface area contributed by atoms with E-state index in [-0.39, 0.29) is 17.0 Å². The monoisotopic (exact) mass is 298 g/mol. The molecule has 108 valence electrons. The molecule has 0 aliphatic heterocycles. The maximum atomic E-state index is 13.0. The SMILES string of the molecule is CS(=O)(=O)CC1(CNc2nc3cc(F)ccc3o2)CC1. The number of nitrogens with one attached hydrogen (secondary N) is 1. The molecule has 1 aromatic heterocycles. The van der Waals surface area contributed by atoms with Crippen LogP contribution in [0.1, 0.15) is 12.8 Å². The lowest BCUT2D eigenvalue weighted by Gasteiger charge is -2.13. The fourth-order valence-corrected chi connectivity index (χ4v) is 3.85. The molecule has 5 nitrogen and oxygen atoms in total. The highest BCUT2D eigenvalue weighted by atomic mass is 32.2. The number of nitrogens with zero attached hydrogens (tertiary/aromatic N) is 1. The summed E-state index contributed by atoms with van der Waals surface area (Å²) >= 11 is 0. The smallest absolute Gasteiger partial charge is 0.295 e. The van der Waals surface area contributed by atoms with E-state index in [9.17, 15) is 12.8 Å². The van der Waals surface area contributed by atoms with E-state index >= 15 is 0 Å². The Hall–Kier alpha value is -1.63. The third-order valence-electron chi connectivity index (χ3n) is 3.49. The first-order valence-electron chi connectivity index (χ1n) is 6.33. The lowest BCUT2D eigenvalue weighted by atomic mass is 10.1. The van der Waals surface area contributed by atoms with E-state index in [1.807, 2.05) is 0 Å². The number of hydrogen-bond acceptors (Lipinski definition) is 5. The van der Waals surface area contributed by atoms with Gasteiger partial charge in [-0.15, -0.1) is 0 Å². The van der Waals surface area contributed by atoms with Crippen LogP contribution in [0.15, 0.2) is 22.6 Å². The molecule has 0 saturated heterocycles. The van der Waals surface area contributed by atoms with E-state index in [2.05, 4.69) is 10.3 Å². The van der Waals surface area contributed by atoms with Gasteiger partial charge in [0.25, 0.3) is 6.01 Å². The number of fused-ring (bicyclic) bond motifs is 1. The summed E-state index contributed by atoms with van der Waals surface area (Å²) in [4.78, 5) is 4.13. The highest BCUT2D eigenvalue weighted by Gasteiger charge is 2.45. The average Bonchev–Trinajstić information content (AvgIpc) is 2.95. The summed E-state index contributed by atoms with van der Waals surface area (Å²) in [6.07, 6.45) is 3.00. The normalized spacial score (nSPS) is 17.3. The topological polar surface area (TPSA) is 72.2 Å². The first-order valence-corrected chi connectivity index (χ1v) is 8.39. The zero-order valence-corrected chi connectivity index (χ0v) is 11.8. The van der Waals surface area contributed by atoms with Crippen LogP contribution in [0.25, 0.3) is 11.1 Å². The molecule has 7 heteroatoms. The second-order valence-corrected chi connectivity index (χ2v) is 7.69. The molecule has 1 aromatic carbocycles. The van der Waals surface area contributed by atoms with Crippen LogP contribution in [0.5, 0.6) is 0 Å². The predicted octanol–water partition coefficient (Wildman–Crippen LogP) is 2.20. The number of sulfone groups is 1. The molecule has 1 heterocycles. The van der Waals surface area contributed by atoms with Gasteiger partial charge in [-0.3, -0.25) is 0 Å². The Balaban J connectivity index is 1.71. The second kappa shape index (κ2) is 4.44. The Morgan fingerprint density at radius 2 is 2.20 bits per heavy atom. The van der Waals surface area contributed by atoms with Gasteiger partial charge in [-0.2, -0.15) is 4.98 Å². The van der Waals surface area contributed by atoms with Gasteiger partial charge in [-0.1, -0.05) is 0 Å². The fourth-order valence-electron chi connectivity index (χ4n) is 2.34. The number of hydrogen-bond donors (Lipinski definition) is 1. The van der Waals surface area contributed by atoms with Gasteiger partial charge in [0.2, 0.25) is 0 Å². The minimum absolute atomic E-state index is 0.169. The minimum Gasteiger partial charge on any atom is -0.424 e. The molecule has 20 heavy (non-hydrogen) atoms. The van der Waals surface area contributed by atoms with Gasteiger partial charge < -0.3 is 9.73 Å². The minimum atomic E-state index is -2.99. The average molecular weight is 298 g/mol. The maximum Gasteiger partial charge on any atom is 0.295 e. The Kier molecular flexibility index (Phi) is 2.97. The number of benzene rings is 1. The third-order valence-corrected chi connectivity index (χ3v) is 4.63. The Bertz CT molecular complexity index is 750. The largest absolute Gasteiger partial charge is 0.424 e. The number of aromatic nitrogens is 1. The van der Waals surface area contributed by atoms with Crippen molar-refractivity contribution in [2.75, 3.05) is 23.9 Å². The van der Waals surface area contributed by atoms with E-state index in [4.69, 9.17) is 4.42 Å². The molecular formula is C13H15FN2O3S. The van der Waals surface area contributed by atoms with E-state index in [0.29, 0.717) is 23.7 Å². The van der Waals surface area contributed by atoms with Crippen LogP contribution >= 0.6 is 0 Å². The standard InChI is InChI=1S/C13H15FN2O3S/c1-20(17,18)8-13(4-5-13)7-15-12-16-10-6-9(14)2-3-11(10)19-12/h2-3,6H,4-5,7-8H2,1H3,(H,15,16). The molecule has 2 aromatic rings. The van der Waals surface area contributed by atoms with Crippen molar-refractivity contribution < 1.29 is 17.2 Å². The molecule has 1 aliphatic rings. The van der Waals surface area contributed by atoms with Crippen LogP contribution < -0.4 is 5.32 Å². The molecule has 0 radical (unpaired) electrons. The summed E-state index contributed by atoms with van der Waals surface area (Å²) in [6.45, 7) is 0.495. The second-order valence-electron chi connectivity index (χ2n) is 5.55. The molecule has 0 bridgehead atoms. The molecule has 1 saturated carbocycles. The molecule has 3 rings (SSSR count). The van der Waals surface area contributed by atoms with Crippen molar-refractivity contribution in [3.63, 3.8) is 0 Å². The van der Waals surface area contributed by atoms with Crippen LogP contribution in [0.2, 0.25) is 0 Å². The van der Waals surface area contributed by atoms with Crippen molar-refractivity contribution in [3.05, 3.63) is 24.0 Å². The first-order chi connectivity index (χ1) is 9.35. The van der Waals surface area contributed by atoms with Crippen molar-refractivity contribution in [2.45, 2.75) is 12.8 Å². The molecule has 1 aliphatic carbocycles. The maximum absolute atomic E-state index is 13.0.